The van der Waals surface area contributed by atoms with Gasteiger partial charge in [-0.25, -0.2) is 0 Å². The highest BCUT2D eigenvalue weighted by Crippen LogP contribution is 2.36. The molecule has 3 rings (SSSR count). The van der Waals surface area contributed by atoms with Crippen LogP contribution in [0.3, 0.4) is 0 Å². The van der Waals surface area contributed by atoms with E-state index in [1.165, 1.54) is 23.1 Å². The number of amides is 2. The molecule has 1 aliphatic rings. The minimum atomic E-state index is -0.328. The Balaban J connectivity index is 1.59. The number of anilines is 3. The van der Waals surface area contributed by atoms with Gasteiger partial charge in [0.05, 0.1) is 5.25 Å². The first-order valence-corrected chi connectivity index (χ1v) is 10.4. The first kappa shape index (κ1) is 19.6. The molecular weight excluding hydrogens is 382 g/mol. The number of carbonyl (C=O) groups excluding carboxylic acids is 2. The van der Waals surface area contributed by atoms with E-state index in [2.05, 4.69) is 15.5 Å². The normalized spacial score (nSPS) is 14.5. The van der Waals surface area contributed by atoms with Crippen molar-refractivity contribution in [1.29, 1.82) is 0 Å². The molecule has 1 fully saturated rings. The number of nitrogens with zero attached hydrogens (tertiary/aromatic N) is 4. The summed E-state index contributed by atoms with van der Waals surface area (Å²) in [6.45, 7) is 3.38. The van der Waals surface area contributed by atoms with E-state index in [1.54, 1.807) is 11.8 Å². The van der Waals surface area contributed by atoms with Crippen molar-refractivity contribution in [2.24, 2.45) is 0 Å². The Morgan fingerprint density at radius 1 is 1.22 bits per heavy atom. The third-order valence-electron chi connectivity index (χ3n) is 4.15. The predicted molar refractivity (Wildman–Crippen MR) is 111 cm³/mol. The maximum Gasteiger partial charge on any atom is 0.237 e. The summed E-state index contributed by atoms with van der Waals surface area (Å²) >= 11 is 2.70. The second kappa shape index (κ2) is 8.26. The topological polar surface area (TPSA) is 78.4 Å². The molecule has 7 nitrogen and oxygen atoms in total. The number of rotatable bonds is 7. The van der Waals surface area contributed by atoms with Crippen molar-refractivity contribution in [1.82, 2.24) is 10.2 Å². The van der Waals surface area contributed by atoms with Crippen LogP contribution in [0.1, 0.15) is 26.7 Å². The zero-order chi connectivity index (χ0) is 19.6. The van der Waals surface area contributed by atoms with Crippen molar-refractivity contribution < 1.29 is 9.59 Å². The molecule has 0 unspecified atom stereocenters. The quantitative estimate of drug-likeness (QED) is 0.563. The van der Waals surface area contributed by atoms with Gasteiger partial charge in [-0.15, -0.1) is 10.2 Å². The van der Waals surface area contributed by atoms with Gasteiger partial charge in [0.1, 0.15) is 0 Å². The fourth-order valence-corrected chi connectivity index (χ4v) is 4.62. The Kier molecular flexibility index (Phi) is 6.01. The Bertz CT molecular complexity index is 817. The highest BCUT2D eigenvalue weighted by Gasteiger charge is 2.34. The molecule has 1 saturated carbocycles. The van der Waals surface area contributed by atoms with E-state index in [4.69, 9.17) is 0 Å². The SMILES string of the molecule is CC(=O)N(c1nnc(S[C@H](C)C(=O)Nc2ccc(N(C)C)cc2)s1)C1CC1. The molecule has 1 heterocycles. The molecule has 1 N–H and O–H groups in total. The molecule has 0 aliphatic heterocycles. The summed E-state index contributed by atoms with van der Waals surface area (Å²) in [7, 11) is 3.94. The van der Waals surface area contributed by atoms with Crippen molar-refractivity contribution in [2.45, 2.75) is 42.3 Å². The van der Waals surface area contributed by atoms with Crippen LogP contribution in [0.25, 0.3) is 0 Å². The van der Waals surface area contributed by atoms with Gasteiger partial charge >= 0.3 is 0 Å². The molecule has 0 spiro atoms. The fourth-order valence-electron chi connectivity index (χ4n) is 2.52. The molecule has 0 saturated heterocycles. The van der Waals surface area contributed by atoms with E-state index in [9.17, 15) is 9.59 Å². The maximum absolute atomic E-state index is 12.5. The van der Waals surface area contributed by atoms with Gasteiger partial charge in [0.2, 0.25) is 16.9 Å². The zero-order valence-electron chi connectivity index (χ0n) is 15.8. The standard InChI is InChI=1S/C18H23N5O2S2/c1-11(16(25)19-13-5-7-14(8-6-13)22(3)4)26-18-21-20-17(27-18)23(12(2)24)15-9-10-15/h5-8,11,15H,9-10H2,1-4H3,(H,19,25)/t11-/m1/s1. The molecule has 1 aliphatic carbocycles. The Hall–Kier alpha value is -2.13. The largest absolute Gasteiger partial charge is 0.378 e. The zero-order valence-corrected chi connectivity index (χ0v) is 17.4. The number of benzene rings is 1. The lowest BCUT2D eigenvalue weighted by atomic mass is 10.2. The number of aromatic nitrogens is 2. The van der Waals surface area contributed by atoms with E-state index < -0.39 is 0 Å². The van der Waals surface area contributed by atoms with Crippen molar-refractivity contribution in [3.8, 4) is 0 Å². The Morgan fingerprint density at radius 2 is 1.89 bits per heavy atom. The lowest BCUT2D eigenvalue weighted by Crippen LogP contribution is -2.30. The van der Waals surface area contributed by atoms with Gasteiger partial charge in [0, 0.05) is 38.4 Å². The summed E-state index contributed by atoms with van der Waals surface area (Å²) < 4.78 is 0.683. The van der Waals surface area contributed by atoms with Crippen LogP contribution in [-0.2, 0) is 9.59 Å². The second-order valence-corrected chi connectivity index (χ2v) is 9.21. The van der Waals surface area contributed by atoms with E-state index in [0.29, 0.717) is 9.47 Å². The third kappa shape index (κ3) is 4.98. The molecule has 1 aromatic heterocycles. The van der Waals surface area contributed by atoms with Gasteiger partial charge in [-0.2, -0.15) is 0 Å². The smallest absolute Gasteiger partial charge is 0.237 e. The van der Waals surface area contributed by atoms with Crippen LogP contribution in [0.2, 0.25) is 0 Å². The minimum absolute atomic E-state index is 0.0165. The molecule has 144 valence electrons. The molecule has 1 aromatic carbocycles. The number of nitrogens with one attached hydrogen (secondary N) is 1. The maximum atomic E-state index is 12.5. The van der Waals surface area contributed by atoms with Crippen molar-refractivity contribution in [3.63, 3.8) is 0 Å². The Morgan fingerprint density at radius 3 is 2.44 bits per heavy atom. The van der Waals surface area contributed by atoms with E-state index in [0.717, 1.165) is 24.2 Å². The third-order valence-corrected chi connectivity index (χ3v) is 6.26. The van der Waals surface area contributed by atoms with E-state index >= 15 is 0 Å². The van der Waals surface area contributed by atoms with Gasteiger partial charge in [0.25, 0.3) is 0 Å². The average molecular weight is 406 g/mol. The monoisotopic (exact) mass is 405 g/mol. The van der Waals surface area contributed by atoms with Gasteiger partial charge in [-0.3, -0.25) is 14.5 Å². The summed E-state index contributed by atoms with van der Waals surface area (Å²) in [6, 6.07) is 7.93. The molecule has 0 bridgehead atoms. The molecule has 2 amide bonds. The Labute approximate surface area is 167 Å². The van der Waals surface area contributed by atoms with Gasteiger partial charge < -0.3 is 10.2 Å². The number of hydrogen-bond acceptors (Lipinski definition) is 7. The van der Waals surface area contributed by atoms with Crippen LogP contribution >= 0.6 is 23.1 Å². The van der Waals surface area contributed by atoms with E-state index in [-0.39, 0.29) is 23.1 Å². The van der Waals surface area contributed by atoms with Crippen molar-refractivity contribution in [2.75, 3.05) is 29.2 Å². The molecule has 27 heavy (non-hydrogen) atoms. The summed E-state index contributed by atoms with van der Waals surface area (Å²) in [5.41, 5.74) is 1.83. The molecule has 1 atom stereocenters. The number of carbonyl (C=O) groups is 2. The molecule has 9 heteroatoms. The van der Waals surface area contributed by atoms with E-state index in [1.807, 2.05) is 50.2 Å². The predicted octanol–water partition coefficient (Wildman–Crippen LogP) is 3.24. The van der Waals surface area contributed by atoms with Crippen LogP contribution in [0.5, 0.6) is 0 Å². The number of hydrogen-bond donors (Lipinski definition) is 1. The lowest BCUT2D eigenvalue weighted by Gasteiger charge is -2.15. The minimum Gasteiger partial charge on any atom is -0.378 e. The fraction of sp³-hybridized carbons (Fsp3) is 0.444. The highest BCUT2D eigenvalue weighted by molar-refractivity contribution is 8.02. The van der Waals surface area contributed by atoms with Crippen LogP contribution in [0.4, 0.5) is 16.5 Å². The van der Waals surface area contributed by atoms with Gasteiger partial charge in [0.15, 0.2) is 4.34 Å². The van der Waals surface area contributed by atoms with Gasteiger partial charge in [-0.1, -0.05) is 23.1 Å². The van der Waals surface area contributed by atoms with Crippen molar-refractivity contribution in [3.05, 3.63) is 24.3 Å². The summed E-state index contributed by atoms with van der Waals surface area (Å²) in [5.74, 6) is -0.114. The van der Waals surface area contributed by atoms with Gasteiger partial charge in [-0.05, 0) is 44.0 Å². The lowest BCUT2D eigenvalue weighted by molar-refractivity contribution is -0.117. The van der Waals surface area contributed by atoms with Crippen LogP contribution in [0.15, 0.2) is 28.6 Å². The molecular formula is C18H23N5O2S2. The first-order chi connectivity index (χ1) is 12.8. The first-order valence-electron chi connectivity index (χ1n) is 8.73. The average Bonchev–Trinajstić information content (AvgIpc) is 3.34. The van der Waals surface area contributed by atoms with Crippen molar-refractivity contribution >= 4 is 51.4 Å². The molecule has 0 radical (unpaired) electrons. The molecule has 2 aromatic rings. The second-order valence-electron chi connectivity index (χ2n) is 6.66. The number of thioether (sulfide) groups is 1. The summed E-state index contributed by atoms with van der Waals surface area (Å²) in [6.07, 6.45) is 2.01. The van der Waals surface area contributed by atoms with Crippen LogP contribution in [0, 0.1) is 0 Å². The van der Waals surface area contributed by atoms with Crippen LogP contribution in [-0.4, -0.2) is 47.4 Å². The summed E-state index contributed by atoms with van der Waals surface area (Å²) in [4.78, 5) is 28.0. The highest BCUT2D eigenvalue weighted by atomic mass is 32.2. The summed E-state index contributed by atoms with van der Waals surface area (Å²) in [5, 5.41) is 11.5. The van der Waals surface area contributed by atoms with Crippen LogP contribution < -0.4 is 15.1 Å².